The summed E-state index contributed by atoms with van der Waals surface area (Å²) in [5.41, 5.74) is 2.91. The second-order valence-corrected chi connectivity index (χ2v) is 11.7. The van der Waals surface area contributed by atoms with E-state index in [1.165, 1.54) is 0 Å². The van der Waals surface area contributed by atoms with Gasteiger partial charge in [0, 0.05) is 45.0 Å². The zero-order chi connectivity index (χ0) is 30.8. The highest BCUT2D eigenvalue weighted by molar-refractivity contribution is 9.08. The SMILES string of the molecule is CCOc1cc2c(c(F)c1OCC)/C(=N/Br)N(CC(=O)c1cc(N3C[C@H](OC)[C@@H](OC)C3)c(OC)c(C(C)(C)C)c1)C2. The molecule has 2 aliphatic heterocycles. The van der Waals surface area contributed by atoms with E-state index in [-0.39, 0.29) is 42.3 Å². The fourth-order valence-electron chi connectivity index (χ4n) is 5.67. The minimum atomic E-state index is -0.554. The Bertz CT molecular complexity index is 1330. The maximum Gasteiger partial charge on any atom is 0.197 e. The maximum atomic E-state index is 15.8. The number of ether oxygens (including phenoxy) is 5. The fourth-order valence-corrected chi connectivity index (χ4v) is 6.07. The van der Waals surface area contributed by atoms with Gasteiger partial charge in [0.1, 0.15) is 23.8 Å². The molecule has 11 heteroatoms. The van der Waals surface area contributed by atoms with Crippen molar-refractivity contribution in [2.75, 3.05) is 59.1 Å². The number of carbonyl (C=O) groups excluding carboxylic acids is 1. The molecule has 2 heterocycles. The Balaban J connectivity index is 1.71. The van der Waals surface area contributed by atoms with Crippen molar-refractivity contribution < 1.29 is 32.9 Å². The molecule has 2 aliphatic rings. The molecule has 1 fully saturated rings. The Kier molecular flexibility index (Phi) is 10.1. The third kappa shape index (κ3) is 6.09. The molecule has 0 spiro atoms. The number of halogens is 2. The van der Waals surface area contributed by atoms with Crippen LogP contribution >= 0.6 is 16.1 Å². The lowest BCUT2D eigenvalue weighted by atomic mass is 9.84. The van der Waals surface area contributed by atoms with Crippen LogP contribution in [0.3, 0.4) is 0 Å². The molecule has 2 aromatic carbocycles. The smallest absolute Gasteiger partial charge is 0.197 e. The zero-order valence-corrected chi connectivity index (χ0v) is 27.3. The predicted molar refractivity (Wildman–Crippen MR) is 164 cm³/mol. The highest BCUT2D eigenvalue weighted by atomic mass is 79.9. The molecule has 0 unspecified atom stereocenters. The van der Waals surface area contributed by atoms with Gasteiger partial charge in [0.25, 0.3) is 0 Å². The lowest BCUT2D eigenvalue weighted by Gasteiger charge is -2.29. The van der Waals surface area contributed by atoms with Gasteiger partial charge in [-0.1, -0.05) is 20.8 Å². The van der Waals surface area contributed by atoms with Gasteiger partial charge >= 0.3 is 0 Å². The molecule has 4 rings (SSSR count). The zero-order valence-electron chi connectivity index (χ0n) is 25.7. The van der Waals surface area contributed by atoms with Crippen molar-refractivity contribution in [2.24, 2.45) is 4.02 Å². The monoisotopic (exact) mass is 649 g/mol. The van der Waals surface area contributed by atoms with Crippen LogP contribution < -0.4 is 19.1 Å². The first kappa shape index (κ1) is 32.0. The van der Waals surface area contributed by atoms with E-state index in [1.54, 1.807) is 39.2 Å². The van der Waals surface area contributed by atoms with E-state index < -0.39 is 5.82 Å². The summed E-state index contributed by atoms with van der Waals surface area (Å²) in [5.74, 6) is 0.741. The van der Waals surface area contributed by atoms with Crippen molar-refractivity contribution in [1.29, 1.82) is 0 Å². The molecule has 2 aromatic rings. The Morgan fingerprint density at radius 1 is 1.02 bits per heavy atom. The van der Waals surface area contributed by atoms with Crippen molar-refractivity contribution >= 4 is 33.5 Å². The molecule has 0 saturated carbocycles. The summed E-state index contributed by atoms with van der Waals surface area (Å²) in [4.78, 5) is 17.9. The van der Waals surface area contributed by atoms with Gasteiger partial charge in [-0.15, -0.1) is 0 Å². The molecule has 0 aromatic heterocycles. The molecule has 0 amide bonds. The van der Waals surface area contributed by atoms with Crippen LogP contribution in [0.2, 0.25) is 0 Å². The third-order valence-electron chi connectivity index (χ3n) is 7.72. The average Bonchev–Trinajstić information content (AvgIpc) is 3.54. The summed E-state index contributed by atoms with van der Waals surface area (Å²) in [6.07, 6.45) is -0.230. The molecule has 2 atom stereocenters. The van der Waals surface area contributed by atoms with Crippen LogP contribution in [-0.2, 0) is 21.4 Å². The number of amidine groups is 1. The molecule has 42 heavy (non-hydrogen) atoms. The van der Waals surface area contributed by atoms with Crippen molar-refractivity contribution in [3.63, 3.8) is 0 Å². The van der Waals surface area contributed by atoms with Crippen LogP contribution in [0.25, 0.3) is 0 Å². The first-order valence-electron chi connectivity index (χ1n) is 14.1. The van der Waals surface area contributed by atoms with Crippen molar-refractivity contribution in [3.05, 3.63) is 46.3 Å². The van der Waals surface area contributed by atoms with E-state index in [2.05, 4.69) is 45.8 Å². The number of methoxy groups -OCH3 is 3. The Hall–Kier alpha value is -2.89. The van der Waals surface area contributed by atoms with Crippen LogP contribution in [0.5, 0.6) is 17.2 Å². The first-order valence-corrected chi connectivity index (χ1v) is 14.8. The summed E-state index contributed by atoms with van der Waals surface area (Å²) in [6.45, 7) is 12.0. The number of nitrogens with zero attached hydrogens (tertiary/aromatic N) is 3. The number of Topliss-reactive ketones (excluding diaryl/α,β-unsaturated/α-hetero) is 1. The summed E-state index contributed by atoms with van der Waals surface area (Å²) < 4.78 is 48.5. The van der Waals surface area contributed by atoms with Gasteiger partial charge in [-0.25, -0.2) is 4.39 Å². The van der Waals surface area contributed by atoms with Crippen molar-refractivity contribution in [2.45, 2.75) is 58.8 Å². The molecular formula is C31H41BrFN3O6. The Morgan fingerprint density at radius 2 is 1.67 bits per heavy atom. The molecule has 230 valence electrons. The van der Waals surface area contributed by atoms with Gasteiger partial charge in [0.05, 0.1) is 54.3 Å². The highest BCUT2D eigenvalue weighted by Crippen LogP contribution is 2.43. The number of fused-ring (bicyclic) bond motifs is 1. The standard InChI is InChI=1S/C31H41BrFN3O6/c1-9-41-23-13-19-14-36(30(34-32)26(19)27(33)29(23)42-10-2)15-22(37)18-11-20(31(3,4)5)28(40-8)21(12-18)35-16-24(38-6)25(17-35)39-7/h11-13,24-25H,9-10,14-17H2,1-8H3/b34-30-/t24-,25-/m0/s1. The van der Waals surface area contributed by atoms with Gasteiger partial charge in [0.15, 0.2) is 23.1 Å². The first-order chi connectivity index (χ1) is 20.0. The second kappa shape index (κ2) is 13.2. The predicted octanol–water partition coefficient (Wildman–Crippen LogP) is 5.53. The van der Waals surface area contributed by atoms with Crippen molar-refractivity contribution in [1.82, 2.24) is 4.90 Å². The van der Waals surface area contributed by atoms with E-state index in [0.717, 1.165) is 17.0 Å². The molecule has 0 radical (unpaired) electrons. The average molecular weight is 651 g/mol. The summed E-state index contributed by atoms with van der Waals surface area (Å²) >= 11 is 3.17. The number of hydrogen-bond donors (Lipinski definition) is 0. The minimum absolute atomic E-state index is 0.0107. The van der Waals surface area contributed by atoms with Gasteiger partial charge in [-0.3, -0.25) is 4.79 Å². The van der Waals surface area contributed by atoms with E-state index in [1.807, 2.05) is 19.1 Å². The van der Waals surface area contributed by atoms with Crippen LogP contribution in [0.4, 0.5) is 10.1 Å². The van der Waals surface area contributed by atoms with Crippen LogP contribution in [-0.4, -0.2) is 82.9 Å². The molecule has 0 N–H and O–H groups in total. The topological polar surface area (TPSA) is 82.1 Å². The number of carbonyl (C=O) groups is 1. The molecular weight excluding hydrogens is 609 g/mol. The van der Waals surface area contributed by atoms with Gasteiger partial charge < -0.3 is 33.5 Å². The summed E-state index contributed by atoms with van der Waals surface area (Å²) in [7, 11) is 4.99. The van der Waals surface area contributed by atoms with Crippen molar-refractivity contribution in [3.8, 4) is 17.2 Å². The number of hydrogen-bond acceptors (Lipinski definition) is 8. The lowest BCUT2D eigenvalue weighted by molar-refractivity contribution is -0.00461. The van der Waals surface area contributed by atoms with E-state index in [4.69, 9.17) is 23.7 Å². The third-order valence-corrected chi connectivity index (χ3v) is 8.06. The number of anilines is 1. The second-order valence-electron chi connectivity index (χ2n) is 11.4. The minimum Gasteiger partial charge on any atom is -0.494 e. The molecule has 1 saturated heterocycles. The van der Waals surface area contributed by atoms with Crippen LogP contribution in [0, 0.1) is 5.82 Å². The van der Waals surface area contributed by atoms with E-state index in [9.17, 15) is 4.79 Å². The fraction of sp³-hybridized carbons (Fsp3) is 0.548. The maximum absolute atomic E-state index is 15.8. The lowest BCUT2D eigenvalue weighted by Crippen LogP contribution is -2.31. The van der Waals surface area contributed by atoms with Crippen LogP contribution in [0.1, 0.15) is 61.7 Å². The molecule has 0 bridgehead atoms. The van der Waals surface area contributed by atoms with Gasteiger partial charge in [-0.05, 0) is 43.0 Å². The summed E-state index contributed by atoms with van der Waals surface area (Å²) in [5, 5.41) is 0. The molecule has 0 aliphatic carbocycles. The number of benzene rings is 2. The Morgan fingerprint density at radius 3 is 2.19 bits per heavy atom. The van der Waals surface area contributed by atoms with E-state index >= 15 is 4.39 Å². The largest absolute Gasteiger partial charge is 0.494 e. The molecule has 9 nitrogen and oxygen atoms in total. The summed E-state index contributed by atoms with van der Waals surface area (Å²) in [6, 6.07) is 5.54. The van der Waals surface area contributed by atoms with Gasteiger partial charge in [-0.2, -0.15) is 4.02 Å². The number of ketones is 1. The highest BCUT2D eigenvalue weighted by Gasteiger charge is 2.37. The van der Waals surface area contributed by atoms with E-state index in [0.29, 0.717) is 54.5 Å². The van der Waals surface area contributed by atoms with Gasteiger partial charge in [0.2, 0.25) is 0 Å². The normalized spacial score (nSPS) is 19.4. The number of rotatable bonds is 11. The quantitative estimate of drug-likeness (QED) is 0.294. The Labute approximate surface area is 256 Å². The van der Waals surface area contributed by atoms with Crippen LogP contribution in [0.15, 0.2) is 22.2 Å².